The van der Waals surface area contributed by atoms with E-state index in [1.165, 1.54) is 37.1 Å². The van der Waals surface area contributed by atoms with Crippen molar-refractivity contribution < 1.29 is 18.0 Å². The van der Waals surface area contributed by atoms with E-state index in [2.05, 4.69) is 10.3 Å². The average molecular weight is 472 g/mol. The molecule has 0 saturated carbocycles. The molecule has 2 aromatic carbocycles. The molecule has 0 unspecified atom stereocenters. The van der Waals surface area contributed by atoms with Gasteiger partial charge in [-0.3, -0.25) is 9.59 Å². The number of rotatable bonds is 7. The maximum absolute atomic E-state index is 12.6. The van der Waals surface area contributed by atoms with E-state index in [4.69, 9.17) is 0 Å². The van der Waals surface area contributed by atoms with Gasteiger partial charge in [0.1, 0.15) is 0 Å². The van der Waals surface area contributed by atoms with E-state index in [9.17, 15) is 18.0 Å². The molecule has 0 saturated heterocycles. The molecule has 1 atom stereocenters. The van der Waals surface area contributed by atoms with Gasteiger partial charge in [-0.05, 0) is 74.9 Å². The molecule has 0 bridgehead atoms. The summed E-state index contributed by atoms with van der Waals surface area (Å²) < 4.78 is 26.0. The van der Waals surface area contributed by atoms with Crippen molar-refractivity contribution in [3.05, 3.63) is 59.7 Å². The lowest BCUT2D eigenvalue weighted by Gasteiger charge is -2.14. The van der Waals surface area contributed by atoms with Crippen LogP contribution in [0.15, 0.2) is 58.5 Å². The summed E-state index contributed by atoms with van der Waals surface area (Å²) in [6, 6.07) is 13.5. The van der Waals surface area contributed by atoms with Crippen LogP contribution in [0, 0.1) is 6.92 Å². The first-order chi connectivity index (χ1) is 15.0. The summed E-state index contributed by atoms with van der Waals surface area (Å²) in [6.07, 6.45) is 0. The van der Waals surface area contributed by atoms with Crippen molar-refractivity contribution in [2.24, 2.45) is 0 Å². The van der Waals surface area contributed by atoms with E-state index >= 15 is 0 Å². The molecule has 0 fully saturated rings. The van der Waals surface area contributed by atoms with Crippen molar-refractivity contribution in [1.82, 2.24) is 9.29 Å². The molecular weight excluding hydrogens is 446 g/mol. The molecule has 0 aliphatic carbocycles. The van der Waals surface area contributed by atoms with Gasteiger partial charge in [0, 0.05) is 30.7 Å². The maximum Gasteiger partial charge on any atom is 0.242 e. The fraction of sp³-hybridized carbons (Fsp3) is 0.261. The van der Waals surface area contributed by atoms with Crippen LogP contribution >= 0.6 is 11.8 Å². The molecule has 3 rings (SSSR count). The summed E-state index contributed by atoms with van der Waals surface area (Å²) in [5.41, 5.74) is 2.74. The zero-order chi connectivity index (χ0) is 23.6. The molecular formula is C23H25N3O4S2. The molecule has 0 spiro atoms. The van der Waals surface area contributed by atoms with Crippen LogP contribution in [0.1, 0.15) is 29.8 Å². The Morgan fingerprint density at radius 3 is 2.31 bits per heavy atom. The molecule has 168 valence electrons. The highest BCUT2D eigenvalue weighted by Gasteiger charge is 2.20. The number of thioether (sulfide) groups is 1. The number of aromatic nitrogens is 1. The number of anilines is 1. The number of fused-ring (bicyclic) bond motifs is 1. The van der Waals surface area contributed by atoms with Gasteiger partial charge in [-0.2, -0.15) is 0 Å². The van der Waals surface area contributed by atoms with E-state index in [-0.39, 0.29) is 16.6 Å². The molecule has 0 radical (unpaired) electrons. The minimum atomic E-state index is -3.53. The Morgan fingerprint density at radius 2 is 1.72 bits per heavy atom. The lowest BCUT2D eigenvalue weighted by Crippen LogP contribution is -2.22. The summed E-state index contributed by atoms with van der Waals surface area (Å²) in [5.74, 6) is -0.214. The molecule has 1 heterocycles. The monoisotopic (exact) mass is 471 g/mol. The SMILES string of the molecule is CC(=O)c1ccc(NC(=O)[C@H](C)Sc2cc(C)c3cc(S(=O)(=O)N(C)C)ccc3n2)cc1. The Kier molecular flexibility index (Phi) is 7.02. The number of benzene rings is 2. The zero-order valence-electron chi connectivity index (χ0n) is 18.5. The van der Waals surface area contributed by atoms with Crippen molar-refractivity contribution in [3.8, 4) is 0 Å². The number of ketones is 1. The third kappa shape index (κ3) is 5.17. The van der Waals surface area contributed by atoms with Gasteiger partial charge in [0.2, 0.25) is 15.9 Å². The molecule has 32 heavy (non-hydrogen) atoms. The number of sulfonamides is 1. The van der Waals surface area contributed by atoms with Crippen LogP contribution in [0.3, 0.4) is 0 Å². The number of carbonyl (C=O) groups is 2. The van der Waals surface area contributed by atoms with E-state index < -0.39 is 15.3 Å². The van der Waals surface area contributed by atoms with Gasteiger partial charge < -0.3 is 5.32 Å². The van der Waals surface area contributed by atoms with Crippen LogP contribution in [0.5, 0.6) is 0 Å². The van der Waals surface area contributed by atoms with E-state index in [0.717, 1.165) is 10.9 Å². The van der Waals surface area contributed by atoms with Gasteiger partial charge >= 0.3 is 0 Å². The highest BCUT2D eigenvalue weighted by atomic mass is 32.2. The number of Topliss-reactive ketones (excluding diaryl/α,β-unsaturated/α-hetero) is 1. The standard InChI is InChI=1S/C23H25N3O4S2/c1-14-12-22(25-21-11-10-19(13-20(14)21)32(29,30)26(4)5)31-16(3)23(28)24-18-8-6-17(7-9-18)15(2)27/h6-13,16H,1-5H3,(H,24,28)/t16-/m0/s1. The summed E-state index contributed by atoms with van der Waals surface area (Å²) in [6.45, 7) is 5.17. The normalized spacial score (nSPS) is 12.7. The van der Waals surface area contributed by atoms with Gasteiger partial charge in [-0.15, -0.1) is 0 Å². The van der Waals surface area contributed by atoms with Gasteiger partial charge in [-0.1, -0.05) is 11.8 Å². The number of nitrogens with one attached hydrogen (secondary N) is 1. The number of pyridine rings is 1. The first kappa shape index (κ1) is 23.9. The lowest BCUT2D eigenvalue weighted by atomic mass is 10.1. The number of amides is 1. The van der Waals surface area contributed by atoms with Gasteiger partial charge in [-0.25, -0.2) is 17.7 Å². The number of aryl methyl sites for hydroxylation is 1. The first-order valence-electron chi connectivity index (χ1n) is 9.91. The summed E-state index contributed by atoms with van der Waals surface area (Å²) in [4.78, 5) is 28.8. The van der Waals surface area contributed by atoms with E-state index in [1.807, 2.05) is 13.0 Å². The van der Waals surface area contributed by atoms with Crippen LogP contribution in [-0.2, 0) is 14.8 Å². The van der Waals surface area contributed by atoms with Gasteiger partial charge in [0.05, 0.1) is 20.7 Å². The fourth-order valence-corrected chi connectivity index (χ4v) is 4.89. The summed E-state index contributed by atoms with van der Waals surface area (Å²) in [7, 11) is -0.545. The Morgan fingerprint density at radius 1 is 1.06 bits per heavy atom. The molecule has 0 aliphatic heterocycles. The van der Waals surface area contributed by atoms with Crippen LogP contribution in [0.25, 0.3) is 10.9 Å². The second kappa shape index (κ2) is 9.40. The predicted molar refractivity (Wildman–Crippen MR) is 128 cm³/mol. The second-order valence-electron chi connectivity index (χ2n) is 7.63. The third-order valence-electron chi connectivity index (χ3n) is 4.97. The van der Waals surface area contributed by atoms with Crippen molar-refractivity contribution in [3.63, 3.8) is 0 Å². The van der Waals surface area contributed by atoms with Crippen LogP contribution in [0.2, 0.25) is 0 Å². The molecule has 1 N–H and O–H groups in total. The second-order valence-corrected chi connectivity index (χ2v) is 11.1. The Balaban J connectivity index is 1.77. The number of hydrogen-bond acceptors (Lipinski definition) is 6. The molecule has 3 aromatic rings. The van der Waals surface area contributed by atoms with Crippen LogP contribution in [-0.4, -0.2) is 48.7 Å². The van der Waals surface area contributed by atoms with Crippen LogP contribution in [0.4, 0.5) is 5.69 Å². The minimum absolute atomic E-state index is 0.0315. The highest BCUT2D eigenvalue weighted by Crippen LogP contribution is 2.29. The Labute approximate surface area is 192 Å². The molecule has 9 heteroatoms. The number of nitrogens with zero attached hydrogens (tertiary/aromatic N) is 2. The lowest BCUT2D eigenvalue weighted by molar-refractivity contribution is -0.115. The fourth-order valence-electron chi connectivity index (χ4n) is 3.04. The number of carbonyl (C=O) groups excluding carboxylic acids is 2. The molecule has 0 aliphatic rings. The smallest absolute Gasteiger partial charge is 0.242 e. The van der Waals surface area contributed by atoms with Gasteiger partial charge in [0.25, 0.3) is 0 Å². The zero-order valence-corrected chi connectivity index (χ0v) is 20.2. The first-order valence-corrected chi connectivity index (χ1v) is 12.2. The van der Waals surface area contributed by atoms with E-state index in [0.29, 0.717) is 21.8 Å². The Hall–Kier alpha value is -2.75. The minimum Gasteiger partial charge on any atom is -0.325 e. The predicted octanol–water partition coefficient (Wildman–Crippen LogP) is 4.12. The van der Waals surface area contributed by atoms with Crippen molar-refractivity contribution >= 4 is 50.1 Å². The Bertz CT molecular complexity index is 1290. The van der Waals surface area contributed by atoms with Crippen molar-refractivity contribution in [1.29, 1.82) is 0 Å². The molecule has 1 amide bonds. The van der Waals surface area contributed by atoms with E-state index in [1.54, 1.807) is 49.4 Å². The van der Waals surface area contributed by atoms with Crippen LogP contribution < -0.4 is 5.32 Å². The highest BCUT2D eigenvalue weighted by molar-refractivity contribution is 8.00. The number of hydrogen-bond donors (Lipinski definition) is 1. The quantitative estimate of drug-likeness (QED) is 0.411. The molecule has 1 aromatic heterocycles. The largest absolute Gasteiger partial charge is 0.325 e. The van der Waals surface area contributed by atoms with Gasteiger partial charge in [0.15, 0.2) is 5.78 Å². The third-order valence-corrected chi connectivity index (χ3v) is 7.80. The molecule has 7 nitrogen and oxygen atoms in total. The average Bonchev–Trinajstić information content (AvgIpc) is 2.73. The maximum atomic E-state index is 12.6. The summed E-state index contributed by atoms with van der Waals surface area (Å²) in [5, 5.41) is 3.85. The summed E-state index contributed by atoms with van der Waals surface area (Å²) >= 11 is 1.32. The topological polar surface area (TPSA) is 96.4 Å². The van der Waals surface area contributed by atoms with Crippen molar-refractivity contribution in [2.75, 3.05) is 19.4 Å². The van der Waals surface area contributed by atoms with Crippen molar-refractivity contribution in [2.45, 2.75) is 35.9 Å².